The summed E-state index contributed by atoms with van der Waals surface area (Å²) in [5.41, 5.74) is -3.34. The Labute approximate surface area is 163 Å². The molecule has 0 fully saturated rings. The summed E-state index contributed by atoms with van der Waals surface area (Å²) in [4.78, 5) is 25.1. The maximum atomic E-state index is 12.6. The fourth-order valence-corrected chi connectivity index (χ4v) is 3.49. The van der Waals surface area contributed by atoms with Crippen LogP contribution in [0.15, 0.2) is 53.4 Å². The Morgan fingerprint density at radius 2 is 1.23 bits per heavy atom. The van der Waals surface area contributed by atoms with Gasteiger partial charge >= 0.3 is 11.3 Å². The molecule has 0 radical (unpaired) electrons. The van der Waals surface area contributed by atoms with Crippen molar-refractivity contribution in [3.05, 3.63) is 51.4 Å². The van der Waals surface area contributed by atoms with Crippen molar-refractivity contribution in [3.63, 3.8) is 0 Å². The molecule has 2 aromatic carbocycles. The van der Waals surface area contributed by atoms with Crippen LogP contribution in [0.5, 0.6) is 28.7 Å². The van der Waals surface area contributed by atoms with E-state index in [2.05, 4.69) is 0 Å². The number of phenols is 4. The van der Waals surface area contributed by atoms with E-state index < -0.39 is 39.8 Å². The van der Waals surface area contributed by atoms with E-state index in [1.54, 1.807) is 0 Å². The summed E-state index contributed by atoms with van der Waals surface area (Å²) in [5.74, 6) is -2.46. The number of rotatable bonds is 1. The van der Waals surface area contributed by atoms with Gasteiger partial charge in [-0.3, -0.25) is 0 Å². The molecule has 5 rings (SSSR count). The van der Waals surface area contributed by atoms with Gasteiger partial charge in [-0.15, -0.1) is 0 Å². The van der Waals surface area contributed by atoms with Crippen molar-refractivity contribution in [3.8, 4) is 39.9 Å². The summed E-state index contributed by atoms with van der Waals surface area (Å²) >= 11 is 0. The van der Waals surface area contributed by atoms with Crippen LogP contribution in [0.2, 0.25) is 0 Å². The van der Waals surface area contributed by atoms with E-state index >= 15 is 0 Å². The maximum absolute atomic E-state index is 12.6. The molecule has 3 aromatic heterocycles. The molecule has 5 N–H and O–H groups in total. The third-order valence-corrected chi connectivity index (χ3v) is 4.71. The number of phenolic OH excluding ortho intramolecular Hbond substituents is 4. The summed E-state index contributed by atoms with van der Waals surface area (Å²) in [6.07, 6.45) is 0.989. The van der Waals surface area contributed by atoms with E-state index in [0.717, 1.165) is 30.5 Å². The van der Waals surface area contributed by atoms with Gasteiger partial charge in [-0.25, -0.2) is 9.59 Å². The second kappa shape index (κ2) is 5.70. The smallest absolute Gasteiger partial charge is 0.348 e. The number of aromatic hydroxyl groups is 5. The average molecular weight is 410 g/mol. The Morgan fingerprint density at radius 3 is 1.90 bits per heavy atom. The fourth-order valence-electron chi connectivity index (χ4n) is 3.49. The Hall–Kier alpha value is -4.60. The molecule has 150 valence electrons. The molecule has 3 heterocycles. The van der Waals surface area contributed by atoms with E-state index in [9.17, 15) is 35.1 Å². The molecule has 5 aromatic rings. The zero-order valence-corrected chi connectivity index (χ0v) is 14.7. The first kappa shape index (κ1) is 17.5. The van der Waals surface area contributed by atoms with Gasteiger partial charge in [0.15, 0.2) is 5.58 Å². The molecule has 0 aliphatic heterocycles. The lowest BCUT2D eigenvalue weighted by atomic mass is 10.0. The predicted octanol–water partition coefficient (Wildman–Crippen LogP) is 2.84. The minimum Gasteiger partial charge on any atom is -0.508 e. The van der Waals surface area contributed by atoms with Gasteiger partial charge in [0.2, 0.25) is 0 Å². The van der Waals surface area contributed by atoms with Gasteiger partial charge in [-0.2, -0.15) is 0 Å². The lowest BCUT2D eigenvalue weighted by molar-refractivity contribution is 0.441. The van der Waals surface area contributed by atoms with Crippen LogP contribution in [-0.4, -0.2) is 25.5 Å². The number of benzene rings is 2. The van der Waals surface area contributed by atoms with Gasteiger partial charge in [0.1, 0.15) is 67.9 Å². The Balaban J connectivity index is 1.94. The Morgan fingerprint density at radius 1 is 0.667 bits per heavy atom. The second-order valence-corrected chi connectivity index (χ2v) is 6.53. The van der Waals surface area contributed by atoms with Crippen molar-refractivity contribution in [1.82, 2.24) is 0 Å². The Bertz CT molecular complexity index is 1630. The van der Waals surface area contributed by atoms with Gasteiger partial charge in [0, 0.05) is 29.8 Å². The Kier molecular flexibility index (Phi) is 3.33. The largest absolute Gasteiger partial charge is 0.508 e. The fraction of sp³-hybridized carbons (Fsp3) is 0. The van der Waals surface area contributed by atoms with Crippen LogP contribution in [0.4, 0.5) is 0 Å². The molecule has 0 bridgehead atoms. The summed E-state index contributed by atoms with van der Waals surface area (Å²) in [7, 11) is 0. The van der Waals surface area contributed by atoms with Crippen molar-refractivity contribution >= 4 is 32.9 Å². The van der Waals surface area contributed by atoms with Crippen LogP contribution in [0.25, 0.3) is 44.0 Å². The molecule has 0 saturated heterocycles. The third kappa shape index (κ3) is 2.24. The highest BCUT2D eigenvalue weighted by atomic mass is 16.4. The molecule has 0 saturated carbocycles. The maximum Gasteiger partial charge on any atom is 0.348 e. The lowest BCUT2D eigenvalue weighted by Gasteiger charge is -2.07. The zero-order valence-electron chi connectivity index (χ0n) is 14.7. The highest BCUT2D eigenvalue weighted by molar-refractivity contribution is 6.10. The van der Waals surface area contributed by atoms with Crippen LogP contribution < -0.4 is 11.3 Å². The summed E-state index contributed by atoms with van der Waals surface area (Å²) in [6, 6.07) is 4.08. The van der Waals surface area contributed by atoms with Crippen LogP contribution in [-0.2, 0) is 0 Å². The van der Waals surface area contributed by atoms with Crippen LogP contribution in [0.3, 0.4) is 0 Å². The van der Waals surface area contributed by atoms with Gasteiger partial charge < -0.3 is 38.8 Å². The van der Waals surface area contributed by atoms with Crippen molar-refractivity contribution in [1.29, 1.82) is 0 Å². The van der Waals surface area contributed by atoms with E-state index in [0.29, 0.717) is 0 Å². The van der Waals surface area contributed by atoms with Gasteiger partial charge in [-0.05, 0) is 0 Å². The monoisotopic (exact) mass is 410 g/mol. The van der Waals surface area contributed by atoms with Crippen LogP contribution in [0, 0.1) is 0 Å². The topological polar surface area (TPSA) is 175 Å². The molecule has 10 heteroatoms. The molecule has 0 atom stereocenters. The standard InChI is InChI=1S/C20H10O10/c21-6-1-9(23)15-11(3-6)29-19(26)13(17(15)25)8-5-28-18-14(8)20(27)30-12-4-7(22)2-10(24)16(12)18/h1-5,21-25H. The molecule has 30 heavy (non-hydrogen) atoms. The average Bonchev–Trinajstić information content (AvgIpc) is 3.05. The van der Waals surface area contributed by atoms with Crippen LogP contribution >= 0.6 is 0 Å². The minimum absolute atomic E-state index is 0.0360. The number of furan rings is 1. The van der Waals surface area contributed by atoms with Gasteiger partial charge in [0.05, 0.1) is 0 Å². The summed E-state index contributed by atoms with van der Waals surface area (Å²) < 4.78 is 15.6. The molecule has 0 spiro atoms. The molecule has 0 unspecified atom stereocenters. The van der Waals surface area contributed by atoms with Gasteiger partial charge in [-0.1, -0.05) is 0 Å². The first-order chi connectivity index (χ1) is 14.3. The van der Waals surface area contributed by atoms with Gasteiger partial charge in [0.25, 0.3) is 0 Å². The number of hydrogen-bond donors (Lipinski definition) is 5. The van der Waals surface area contributed by atoms with Crippen molar-refractivity contribution < 1.29 is 38.8 Å². The first-order valence-electron chi connectivity index (χ1n) is 8.38. The molecular weight excluding hydrogens is 400 g/mol. The SMILES string of the molecule is O=c1oc2cc(O)cc(O)c2c(O)c1-c1coc2c1c(=O)oc1cc(O)cc(O)c12. The van der Waals surface area contributed by atoms with E-state index in [-0.39, 0.29) is 44.2 Å². The molecule has 10 nitrogen and oxygen atoms in total. The highest BCUT2D eigenvalue weighted by Gasteiger charge is 2.26. The zero-order chi connectivity index (χ0) is 21.3. The minimum atomic E-state index is -1.08. The first-order valence-corrected chi connectivity index (χ1v) is 8.38. The third-order valence-electron chi connectivity index (χ3n) is 4.71. The molecule has 0 amide bonds. The lowest BCUT2D eigenvalue weighted by Crippen LogP contribution is -2.06. The normalized spacial score (nSPS) is 11.6. The number of hydrogen-bond acceptors (Lipinski definition) is 10. The molecular formula is C20H10O10. The molecule has 0 aliphatic rings. The van der Waals surface area contributed by atoms with Crippen LogP contribution in [0.1, 0.15) is 0 Å². The van der Waals surface area contributed by atoms with E-state index in [1.807, 2.05) is 0 Å². The van der Waals surface area contributed by atoms with Crippen molar-refractivity contribution in [2.24, 2.45) is 0 Å². The predicted molar refractivity (Wildman–Crippen MR) is 102 cm³/mol. The number of fused-ring (bicyclic) bond motifs is 4. The summed E-state index contributed by atoms with van der Waals surface area (Å²) in [6.45, 7) is 0. The second-order valence-electron chi connectivity index (χ2n) is 6.53. The summed E-state index contributed by atoms with van der Waals surface area (Å²) in [5, 5.41) is 49.5. The highest BCUT2D eigenvalue weighted by Crippen LogP contribution is 2.43. The van der Waals surface area contributed by atoms with E-state index in [4.69, 9.17) is 13.3 Å². The molecule has 0 aliphatic carbocycles. The quantitative estimate of drug-likeness (QED) is 0.258. The van der Waals surface area contributed by atoms with Crippen molar-refractivity contribution in [2.45, 2.75) is 0 Å². The van der Waals surface area contributed by atoms with Crippen molar-refractivity contribution in [2.75, 3.05) is 0 Å². The van der Waals surface area contributed by atoms with E-state index in [1.165, 1.54) is 0 Å².